The number of hydrogen-bond acceptors (Lipinski definition) is 6. The number of methoxy groups -OCH3 is 3. The number of carbonyl (C=O) groups is 1. The van der Waals surface area contributed by atoms with Crippen LogP contribution in [0.25, 0.3) is 0 Å². The fourth-order valence-corrected chi connectivity index (χ4v) is 4.12. The Hall–Kier alpha value is -2.45. The minimum Gasteiger partial charge on any atom is -0.493 e. The number of hydrogen-bond donors (Lipinski definition) is 0. The first-order valence-corrected chi connectivity index (χ1v) is 10.3. The van der Waals surface area contributed by atoms with E-state index < -0.39 is 0 Å². The van der Waals surface area contributed by atoms with Gasteiger partial charge in [-0.1, -0.05) is 27.7 Å². The van der Waals surface area contributed by atoms with E-state index in [4.69, 9.17) is 14.2 Å². The van der Waals surface area contributed by atoms with Gasteiger partial charge in [-0.2, -0.15) is 9.78 Å². The molecule has 0 aliphatic carbocycles. The van der Waals surface area contributed by atoms with Gasteiger partial charge in [-0.15, -0.1) is 0 Å². The van der Waals surface area contributed by atoms with E-state index in [2.05, 4.69) is 21.0 Å². The largest absolute Gasteiger partial charge is 0.493 e. The summed E-state index contributed by atoms with van der Waals surface area (Å²) < 4.78 is 18.5. The van der Waals surface area contributed by atoms with Crippen molar-refractivity contribution in [3.8, 4) is 17.2 Å². The molecule has 0 atom stereocenters. The molecule has 152 valence electrons. The van der Waals surface area contributed by atoms with Crippen molar-refractivity contribution in [2.45, 2.75) is 23.6 Å². The first-order valence-electron chi connectivity index (χ1n) is 8.74. The summed E-state index contributed by atoms with van der Waals surface area (Å²) in [5.74, 6) is 1.00. The maximum absolute atomic E-state index is 13.2. The second kappa shape index (κ2) is 8.92. The lowest BCUT2D eigenvalue weighted by atomic mass is 10.1. The summed E-state index contributed by atoms with van der Waals surface area (Å²) in [4.78, 5) is 15.2. The Morgan fingerprint density at radius 3 is 2.10 bits per heavy atom. The van der Waals surface area contributed by atoms with Gasteiger partial charge in [0, 0.05) is 14.9 Å². The van der Waals surface area contributed by atoms with Gasteiger partial charge < -0.3 is 14.2 Å². The molecule has 0 aliphatic heterocycles. The third kappa shape index (κ3) is 4.28. The lowest BCUT2D eigenvalue weighted by molar-refractivity contribution is 0.0941. The number of carbonyl (C=O) groups excluding carboxylic acids is 1. The van der Waals surface area contributed by atoms with Gasteiger partial charge in [-0.25, -0.2) is 0 Å². The zero-order chi connectivity index (χ0) is 21.1. The Balaban J connectivity index is 1.99. The SMILES string of the molecule is COc1cc(C(=O)n2nc(C)c(Sc3ccc(Br)cc3)c2C)cc(OC)c1OC. The standard InChI is InChI=1S/C21H21BrN2O4S/c1-12-20(29-16-8-6-15(22)7-9-16)13(2)24(23-12)21(25)14-10-17(26-3)19(28-5)18(11-14)27-4/h6-11H,1-5H3. The van der Waals surface area contributed by atoms with E-state index in [9.17, 15) is 4.79 Å². The van der Waals surface area contributed by atoms with E-state index >= 15 is 0 Å². The van der Waals surface area contributed by atoms with E-state index in [1.54, 1.807) is 23.9 Å². The van der Waals surface area contributed by atoms with E-state index in [0.717, 1.165) is 25.7 Å². The molecule has 6 nitrogen and oxygen atoms in total. The summed E-state index contributed by atoms with van der Waals surface area (Å²) in [5, 5.41) is 4.48. The van der Waals surface area contributed by atoms with Crippen molar-refractivity contribution in [1.82, 2.24) is 9.78 Å². The highest BCUT2D eigenvalue weighted by Gasteiger charge is 2.22. The van der Waals surface area contributed by atoms with Gasteiger partial charge in [0.05, 0.1) is 37.6 Å². The summed E-state index contributed by atoms with van der Waals surface area (Å²) in [6, 6.07) is 11.3. The molecule has 1 aromatic heterocycles. The molecule has 0 spiro atoms. The van der Waals surface area contributed by atoms with Gasteiger partial charge in [-0.3, -0.25) is 4.79 Å². The number of ether oxygens (including phenoxy) is 3. The minimum absolute atomic E-state index is 0.271. The first-order chi connectivity index (χ1) is 13.9. The van der Waals surface area contributed by atoms with Gasteiger partial charge in [-0.05, 0) is 50.2 Å². The third-order valence-electron chi connectivity index (χ3n) is 4.36. The Morgan fingerprint density at radius 1 is 1.00 bits per heavy atom. The Morgan fingerprint density at radius 2 is 1.59 bits per heavy atom. The van der Waals surface area contributed by atoms with Crippen LogP contribution in [0.15, 0.2) is 50.7 Å². The molecule has 0 radical (unpaired) electrons. The van der Waals surface area contributed by atoms with Crippen molar-refractivity contribution >= 4 is 33.6 Å². The Bertz CT molecular complexity index is 1020. The first kappa shape index (κ1) is 21.3. The van der Waals surface area contributed by atoms with E-state index in [0.29, 0.717) is 22.8 Å². The number of nitrogens with zero attached hydrogens (tertiary/aromatic N) is 2. The lowest BCUT2D eigenvalue weighted by Gasteiger charge is -2.14. The van der Waals surface area contributed by atoms with Gasteiger partial charge in [0.2, 0.25) is 5.75 Å². The fraction of sp³-hybridized carbons (Fsp3) is 0.238. The van der Waals surface area contributed by atoms with Crippen LogP contribution >= 0.6 is 27.7 Å². The molecule has 0 fully saturated rings. The number of benzene rings is 2. The molecule has 2 aromatic carbocycles. The zero-order valence-electron chi connectivity index (χ0n) is 16.8. The van der Waals surface area contributed by atoms with E-state index in [1.807, 2.05) is 38.1 Å². The maximum Gasteiger partial charge on any atom is 0.278 e. The molecular weight excluding hydrogens is 456 g/mol. The number of rotatable bonds is 6. The average molecular weight is 477 g/mol. The predicted molar refractivity (Wildman–Crippen MR) is 116 cm³/mol. The minimum atomic E-state index is -0.271. The summed E-state index contributed by atoms with van der Waals surface area (Å²) >= 11 is 5.02. The molecular formula is C21H21BrN2O4S. The summed E-state index contributed by atoms with van der Waals surface area (Å²) in [7, 11) is 4.55. The number of aromatic nitrogens is 2. The summed E-state index contributed by atoms with van der Waals surface area (Å²) in [5.41, 5.74) is 1.95. The molecule has 1 heterocycles. The predicted octanol–water partition coefficient (Wildman–Crippen LogP) is 5.13. The van der Waals surface area contributed by atoms with Crippen molar-refractivity contribution in [3.05, 3.63) is 57.8 Å². The van der Waals surface area contributed by atoms with Gasteiger partial charge in [0.25, 0.3) is 5.91 Å². The smallest absolute Gasteiger partial charge is 0.278 e. The quantitative estimate of drug-likeness (QED) is 0.491. The highest BCUT2D eigenvalue weighted by atomic mass is 79.9. The third-order valence-corrected chi connectivity index (χ3v) is 6.19. The lowest BCUT2D eigenvalue weighted by Crippen LogP contribution is -2.16. The second-order valence-electron chi connectivity index (χ2n) is 6.19. The molecule has 0 saturated carbocycles. The molecule has 0 bridgehead atoms. The molecule has 0 N–H and O–H groups in total. The van der Waals surface area contributed by atoms with Crippen LogP contribution in [0.4, 0.5) is 0 Å². The molecule has 0 unspecified atom stereocenters. The normalized spacial score (nSPS) is 10.7. The van der Waals surface area contributed by atoms with Gasteiger partial charge in [0.1, 0.15) is 0 Å². The van der Waals surface area contributed by atoms with Crippen LogP contribution in [0.1, 0.15) is 21.7 Å². The van der Waals surface area contributed by atoms with Crippen LogP contribution in [0.5, 0.6) is 17.2 Å². The Labute approximate surface area is 182 Å². The molecule has 0 saturated heterocycles. The van der Waals surface area contributed by atoms with Crippen LogP contribution in [0, 0.1) is 13.8 Å². The van der Waals surface area contributed by atoms with Crippen molar-refractivity contribution in [2.24, 2.45) is 0 Å². The Kier molecular flexibility index (Phi) is 6.54. The molecule has 3 rings (SSSR count). The van der Waals surface area contributed by atoms with Crippen LogP contribution in [0.2, 0.25) is 0 Å². The number of aryl methyl sites for hydroxylation is 1. The molecule has 8 heteroatoms. The van der Waals surface area contributed by atoms with Crippen molar-refractivity contribution < 1.29 is 19.0 Å². The maximum atomic E-state index is 13.2. The fourth-order valence-electron chi connectivity index (χ4n) is 2.92. The monoisotopic (exact) mass is 476 g/mol. The summed E-state index contributed by atoms with van der Waals surface area (Å²) in [6.45, 7) is 3.78. The second-order valence-corrected chi connectivity index (χ2v) is 8.19. The molecule has 0 aliphatic rings. The van der Waals surface area contributed by atoms with Crippen LogP contribution in [-0.4, -0.2) is 37.0 Å². The van der Waals surface area contributed by atoms with E-state index in [1.165, 1.54) is 26.0 Å². The van der Waals surface area contributed by atoms with Gasteiger partial charge >= 0.3 is 0 Å². The summed E-state index contributed by atoms with van der Waals surface area (Å²) in [6.07, 6.45) is 0. The highest BCUT2D eigenvalue weighted by molar-refractivity contribution is 9.10. The van der Waals surface area contributed by atoms with Gasteiger partial charge in [0.15, 0.2) is 11.5 Å². The topological polar surface area (TPSA) is 62.6 Å². The molecule has 29 heavy (non-hydrogen) atoms. The highest BCUT2D eigenvalue weighted by Crippen LogP contribution is 2.39. The van der Waals surface area contributed by atoms with E-state index in [-0.39, 0.29) is 5.91 Å². The van der Waals surface area contributed by atoms with Crippen LogP contribution < -0.4 is 14.2 Å². The van der Waals surface area contributed by atoms with Crippen molar-refractivity contribution in [3.63, 3.8) is 0 Å². The van der Waals surface area contributed by atoms with Crippen LogP contribution in [0.3, 0.4) is 0 Å². The van der Waals surface area contributed by atoms with Crippen molar-refractivity contribution in [2.75, 3.05) is 21.3 Å². The van der Waals surface area contributed by atoms with Crippen LogP contribution in [-0.2, 0) is 0 Å². The number of halogens is 1. The molecule has 0 amide bonds. The zero-order valence-corrected chi connectivity index (χ0v) is 19.2. The van der Waals surface area contributed by atoms with Crippen molar-refractivity contribution in [1.29, 1.82) is 0 Å². The average Bonchev–Trinajstić information content (AvgIpc) is 3.01. The molecule has 3 aromatic rings.